The van der Waals surface area contributed by atoms with Gasteiger partial charge >= 0.3 is 0 Å². The minimum Gasteiger partial charge on any atom is -0.258 e. The van der Waals surface area contributed by atoms with Gasteiger partial charge in [-0.25, -0.2) is 4.39 Å². The smallest absolute Gasteiger partial charge is 0.167 e. The average Bonchev–Trinajstić information content (AvgIpc) is 2.30. The van der Waals surface area contributed by atoms with E-state index in [1.54, 1.807) is 36.5 Å². The Balaban J connectivity index is 0.00000112. The van der Waals surface area contributed by atoms with E-state index >= 15 is 0 Å². The molecule has 0 saturated heterocycles. The first-order chi connectivity index (χ1) is 6.88. The molecule has 78 valence electrons. The number of benzene rings is 1. The number of aromatic nitrogens is 1. The normalized spacial score (nSPS) is 11.5. The summed E-state index contributed by atoms with van der Waals surface area (Å²) in [5.41, 5.74) is 1.10. The molecule has 0 spiro atoms. The number of hydrogen-bond donors (Lipinski definition) is 0. The Bertz CT molecular complexity index is 351. The first kappa shape index (κ1) is 11.7. The summed E-state index contributed by atoms with van der Waals surface area (Å²) in [6.45, 7) is 0. The molecular weight excluding hydrogens is 213 g/mol. The van der Waals surface area contributed by atoms with Gasteiger partial charge in [-0.2, -0.15) is 0 Å². The van der Waals surface area contributed by atoms with Crippen molar-refractivity contribution in [3.05, 3.63) is 66.0 Å². The summed E-state index contributed by atoms with van der Waals surface area (Å²) in [7, 11) is 0. The Morgan fingerprint density at radius 1 is 0.933 bits per heavy atom. The van der Waals surface area contributed by atoms with Crippen LogP contribution in [0.25, 0.3) is 0 Å². The molecule has 1 aromatic carbocycles. The molecule has 1 aromatic heterocycles. The van der Waals surface area contributed by atoms with Gasteiger partial charge in [0, 0.05) is 6.20 Å². The van der Waals surface area contributed by atoms with E-state index in [1.807, 2.05) is 18.2 Å². The molecule has 1 heterocycles. The molecule has 0 aliphatic carbocycles. The molecule has 3 heteroatoms. The van der Waals surface area contributed by atoms with E-state index in [4.69, 9.17) is 0 Å². The van der Waals surface area contributed by atoms with Gasteiger partial charge < -0.3 is 0 Å². The molecule has 15 heavy (non-hydrogen) atoms. The lowest BCUT2D eigenvalue weighted by atomic mass is 10.1. The van der Waals surface area contributed by atoms with E-state index in [2.05, 4.69) is 4.98 Å². The fraction of sp³-hybridized carbons (Fsp3) is 0.0833. The number of rotatable bonds is 2. The van der Waals surface area contributed by atoms with Crippen LogP contribution in [0.5, 0.6) is 0 Å². The van der Waals surface area contributed by atoms with Crippen LogP contribution in [0.4, 0.5) is 4.39 Å². The Hall–Kier alpha value is -1.41. The van der Waals surface area contributed by atoms with Crippen LogP contribution >= 0.6 is 12.4 Å². The molecule has 0 bridgehead atoms. The van der Waals surface area contributed by atoms with Gasteiger partial charge in [-0.15, -0.1) is 12.4 Å². The van der Waals surface area contributed by atoms with Crippen LogP contribution in [0.3, 0.4) is 0 Å². The molecule has 2 rings (SSSR count). The molecule has 1 unspecified atom stereocenters. The van der Waals surface area contributed by atoms with Gasteiger partial charge in [0.05, 0.1) is 5.69 Å². The lowest BCUT2D eigenvalue weighted by Gasteiger charge is -2.06. The zero-order valence-electron chi connectivity index (χ0n) is 8.01. The zero-order valence-corrected chi connectivity index (χ0v) is 8.82. The number of pyridine rings is 1. The minimum absolute atomic E-state index is 0. The first-order valence-electron chi connectivity index (χ1n) is 4.48. The highest BCUT2D eigenvalue weighted by Crippen LogP contribution is 2.23. The fourth-order valence-electron chi connectivity index (χ4n) is 1.32. The predicted molar refractivity (Wildman–Crippen MR) is 60.9 cm³/mol. The summed E-state index contributed by atoms with van der Waals surface area (Å²) in [5, 5.41) is 0. The SMILES string of the molecule is Cl.FC(c1ccccc1)c1ccccn1. The first-order valence-corrected chi connectivity index (χ1v) is 4.48. The van der Waals surface area contributed by atoms with Crippen LogP contribution < -0.4 is 0 Å². The summed E-state index contributed by atoms with van der Waals surface area (Å²) in [4.78, 5) is 3.98. The van der Waals surface area contributed by atoms with Crippen LogP contribution in [-0.4, -0.2) is 4.98 Å². The molecule has 1 nitrogen and oxygen atoms in total. The highest BCUT2D eigenvalue weighted by Gasteiger charge is 2.12. The van der Waals surface area contributed by atoms with Gasteiger partial charge in [0.25, 0.3) is 0 Å². The van der Waals surface area contributed by atoms with Crippen molar-refractivity contribution in [1.29, 1.82) is 0 Å². The van der Waals surface area contributed by atoms with Crippen molar-refractivity contribution >= 4 is 12.4 Å². The van der Waals surface area contributed by atoms with Crippen LogP contribution in [0.15, 0.2) is 54.7 Å². The van der Waals surface area contributed by atoms with Crippen LogP contribution in [0.2, 0.25) is 0 Å². The van der Waals surface area contributed by atoms with Crippen molar-refractivity contribution in [2.24, 2.45) is 0 Å². The molecule has 0 aliphatic heterocycles. The van der Waals surface area contributed by atoms with E-state index in [0.717, 1.165) is 0 Å². The van der Waals surface area contributed by atoms with Crippen LogP contribution in [0.1, 0.15) is 17.4 Å². The lowest BCUT2D eigenvalue weighted by molar-refractivity contribution is 0.393. The Morgan fingerprint density at radius 2 is 1.60 bits per heavy atom. The number of alkyl halides is 1. The average molecular weight is 224 g/mol. The second kappa shape index (κ2) is 5.47. The zero-order chi connectivity index (χ0) is 9.80. The summed E-state index contributed by atoms with van der Waals surface area (Å²) in [6.07, 6.45) is 0.475. The third-order valence-electron chi connectivity index (χ3n) is 2.04. The van der Waals surface area contributed by atoms with E-state index in [9.17, 15) is 4.39 Å². The van der Waals surface area contributed by atoms with Gasteiger partial charge in [-0.05, 0) is 17.7 Å². The number of nitrogens with zero attached hydrogens (tertiary/aromatic N) is 1. The Kier molecular flexibility index (Phi) is 4.25. The van der Waals surface area contributed by atoms with Gasteiger partial charge in [0.1, 0.15) is 0 Å². The fourth-order valence-corrected chi connectivity index (χ4v) is 1.32. The molecule has 0 aliphatic rings. The maximum absolute atomic E-state index is 13.8. The maximum Gasteiger partial charge on any atom is 0.167 e. The van der Waals surface area contributed by atoms with Crippen molar-refractivity contribution in [3.8, 4) is 0 Å². The second-order valence-electron chi connectivity index (χ2n) is 3.03. The maximum atomic E-state index is 13.8. The van der Waals surface area contributed by atoms with Gasteiger partial charge in [-0.1, -0.05) is 36.4 Å². The van der Waals surface area contributed by atoms with Crippen molar-refractivity contribution < 1.29 is 4.39 Å². The molecule has 2 aromatic rings. The standard InChI is InChI=1S/C12H10FN.ClH/c13-12(10-6-2-1-3-7-10)11-8-4-5-9-14-11;/h1-9,12H;1H. The third kappa shape index (κ3) is 2.77. The number of hydrogen-bond acceptors (Lipinski definition) is 1. The predicted octanol–water partition coefficient (Wildman–Crippen LogP) is 3.56. The van der Waals surface area contributed by atoms with Gasteiger partial charge in [0.15, 0.2) is 6.17 Å². The largest absolute Gasteiger partial charge is 0.258 e. The summed E-state index contributed by atoms with van der Waals surface area (Å²) in [5.74, 6) is 0. The lowest BCUT2D eigenvalue weighted by Crippen LogP contribution is -1.96. The Morgan fingerprint density at radius 3 is 2.20 bits per heavy atom. The molecule has 0 fully saturated rings. The topological polar surface area (TPSA) is 12.9 Å². The van der Waals surface area contributed by atoms with E-state index in [1.165, 1.54) is 0 Å². The van der Waals surface area contributed by atoms with E-state index in [-0.39, 0.29) is 12.4 Å². The highest BCUT2D eigenvalue weighted by molar-refractivity contribution is 5.85. The molecule has 0 saturated carbocycles. The monoisotopic (exact) mass is 223 g/mol. The van der Waals surface area contributed by atoms with Crippen LogP contribution in [-0.2, 0) is 0 Å². The molecule has 0 radical (unpaired) electrons. The molecule has 0 amide bonds. The van der Waals surface area contributed by atoms with Crippen molar-refractivity contribution in [2.45, 2.75) is 6.17 Å². The van der Waals surface area contributed by atoms with Crippen molar-refractivity contribution in [2.75, 3.05) is 0 Å². The Labute approximate surface area is 94.4 Å². The quantitative estimate of drug-likeness (QED) is 0.759. The van der Waals surface area contributed by atoms with Crippen LogP contribution in [0, 0.1) is 0 Å². The summed E-state index contributed by atoms with van der Waals surface area (Å²) < 4.78 is 13.8. The number of halogens is 2. The van der Waals surface area contributed by atoms with Crippen molar-refractivity contribution in [1.82, 2.24) is 4.98 Å². The van der Waals surface area contributed by atoms with Gasteiger partial charge in [-0.3, -0.25) is 4.98 Å². The molecule has 1 atom stereocenters. The second-order valence-corrected chi connectivity index (χ2v) is 3.03. The molecular formula is C12H11ClFN. The van der Waals surface area contributed by atoms with E-state index in [0.29, 0.717) is 11.3 Å². The van der Waals surface area contributed by atoms with Crippen molar-refractivity contribution in [3.63, 3.8) is 0 Å². The molecule has 0 N–H and O–H groups in total. The summed E-state index contributed by atoms with van der Waals surface area (Å²) in [6, 6.07) is 14.3. The van der Waals surface area contributed by atoms with E-state index < -0.39 is 6.17 Å². The highest BCUT2D eigenvalue weighted by atomic mass is 35.5. The minimum atomic E-state index is -1.13. The van der Waals surface area contributed by atoms with Gasteiger partial charge in [0.2, 0.25) is 0 Å². The third-order valence-corrected chi connectivity index (χ3v) is 2.04. The summed E-state index contributed by atoms with van der Waals surface area (Å²) >= 11 is 0.